The van der Waals surface area contributed by atoms with Gasteiger partial charge in [-0.1, -0.05) is 18.2 Å². The molecule has 2 aromatic rings. The fraction of sp³-hybridized carbons (Fsp3) is 0.421. The highest BCUT2D eigenvalue weighted by molar-refractivity contribution is 5.87. The maximum absolute atomic E-state index is 14.1. The van der Waals surface area contributed by atoms with E-state index in [-0.39, 0.29) is 12.5 Å². The Morgan fingerprint density at radius 3 is 2.69 bits per heavy atom. The summed E-state index contributed by atoms with van der Waals surface area (Å²) >= 11 is 0. The van der Waals surface area contributed by atoms with Crippen LogP contribution in [0.3, 0.4) is 0 Å². The lowest BCUT2D eigenvalue weighted by molar-refractivity contribution is -0.126. The standard InChI is InChI=1S/C19H23FN4O2/c1-18(2,14-6-3-4-7-15(14)20)16(25)23-12-19(26)8-11-24(13-19)17-21-9-5-10-22-17/h3-7,9-10,26H,8,11-13H2,1-2H3,(H,23,25)/t19-/m0/s1. The second-order valence-electron chi connectivity index (χ2n) is 7.23. The van der Waals surface area contributed by atoms with Crippen LogP contribution in [0.5, 0.6) is 0 Å². The number of β-amino-alcohol motifs (C(OH)–C–C–N with tert-alkyl or cyclic N) is 1. The predicted octanol–water partition coefficient (Wildman–Crippen LogP) is 1.65. The first kappa shape index (κ1) is 18.3. The number of nitrogens with zero attached hydrogens (tertiary/aromatic N) is 3. The molecule has 3 rings (SSSR count). The van der Waals surface area contributed by atoms with Gasteiger partial charge in [0.25, 0.3) is 0 Å². The minimum atomic E-state index is -1.07. The largest absolute Gasteiger partial charge is 0.386 e. The van der Waals surface area contributed by atoms with E-state index in [1.54, 1.807) is 50.5 Å². The van der Waals surface area contributed by atoms with Gasteiger partial charge in [-0.2, -0.15) is 0 Å². The van der Waals surface area contributed by atoms with Crippen LogP contribution in [0, 0.1) is 5.82 Å². The van der Waals surface area contributed by atoms with Crippen molar-refractivity contribution in [3.8, 4) is 0 Å². The van der Waals surface area contributed by atoms with Crippen LogP contribution in [0.2, 0.25) is 0 Å². The fourth-order valence-electron chi connectivity index (χ4n) is 3.18. The van der Waals surface area contributed by atoms with Crippen LogP contribution < -0.4 is 10.2 Å². The summed E-state index contributed by atoms with van der Waals surface area (Å²) in [7, 11) is 0. The van der Waals surface area contributed by atoms with Crippen molar-refractivity contribution >= 4 is 11.9 Å². The zero-order valence-electron chi connectivity index (χ0n) is 14.9. The molecule has 2 heterocycles. The molecule has 26 heavy (non-hydrogen) atoms. The quantitative estimate of drug-likeness (QED) is 0.850. The Hall–Kier alpha value is -2.54. The average molecular weight is 358 g/mol. The summed E-state index contributed by atoms with van der Waals surface area (Å²) in [6.07, 6.45) is 3.79. The number of amides is 1. The van der Waals surface area contributed by atoms with Gasteiger partial charge in [0, 0.05) is 31.0 Å². The van der Waals surface area contributed by atoms with E-state index in [9.17, 15) is 14.3 Å². The van der Waals surface area contributed by atoms with E-state index in [0.29, 0.717) is 31.0 Å². The zero-order chi connectivity index (χ0) is 18.8. The SMILES string of the molecule is CC(C)(C(=O)NC[C@@]1(O)CCN(c2ncccn2)C1)c1ccccc1F. The van der Waals surface area contributed by atoms with Gasteiger partial charge in [-0.15, -0.1) is 0 Å². The third kappa shape index (κ3) is 3.67. The highest BCUT2D eigenvalue weighted by Gasteiger charge is 2.39. The maximum atomic E-state index is 14.1. The van der Waals surface area contributed by atoms with Crippen LogP contribution in [-0.4, -0.2) is 46.2 Å². The Bertz CT molecular complexity index is 784. The summed E-state index contributed by atoms with van der Waals surface area (Å²) in [6, 6.07) is 7.97. The molecule has 0 aliphatic carbocycles. The smallest absolute Gasteiger partial charge is 0.230 e. The molecule has 0 spiro atoms. The molecule has 6 nitrogen and oxygen atoms in total. The van der Waals surface area contributed by atoms with E-state index in [2.05, 4.69) is 15.3 Å². The van der Waals surface area contributed by atoms with Crippen molar-refractivity contribution in [3.05, 3.63) is 54.1 Å². The van der Waals surface area contributed by atoms with Crippen molar-refractivity contribution in [1.29, 1.82) is 0 Å². The lowest BCUT2D eigenvalue weighted by Gasteiger charge is -2.28. The van der Waals surface area contributed by atoms with Gasteiger partial charge in [0.1, 0.15) is 11.4 Å². The minimum Gasteiger partial charge on any atom is -0.386 e. The molecule has 1 saturated heterocycles. The lowest BCUT2D eigenvalue weighted by Crippen LogP contribution is -2.49. The maximum Gasteiger partial charge on any atom is 0.230 e. The van der Waals surface area contributed by atoms with Crippen LogP contribution in [0.25, 0.3) is 0 Å². The number of halogens is 1. The van der Waals surface area contributed by atoms with Crippen LogP contribution in [0.15, 0.2) is 42.7 Å². The summed E-state index contributed by atoms with van der Waals surface area (Å²) < 4.78 is 14.1. The molecule has 1 aromatic heterocycles. The van der Waals surface area contributed by atoms with E-state index in [4.69, 9.17) is 0 Å². The van der Waals surface area contributed by atoms with Crippen LogP contribution in [-0.2, 0) is 10.2 Å². The van der Waals surface area contributed by atoms with Crippen molar-refractivity contribution < 1.29 is 14.3 Å². The number of aromatic nitrogens is 2. The first-order valence-electron chi connectivity index (χ1n) is 8.59. The number of nitrogens with one attached hydrogen (secondary N) is 1. The van der Waals surface area contributed by atoms with Gasteiger partial charge < -0.3 is 15.3 Å². The van der Waals surface area contributed by atoms with Crippen molar-refractivity contribution in [2.24, 2.45) is 0 Å². The van der Waals surface area contributed by atoms with E-state index in [0.717, 1.165) is 0 Å². The van der Waals surface area contributed by atoms with Crippen molar-refractivity contribution in [2.75, 3.05) is 24.5 Å². The number of carbonyl (C=O) groups excluding carboxylic acids is 1. The Balaban J connectivity index is 1.63. The topological polar surface area (TPSA) is 78.4 Å². The minimum absolute atomic E-state index is 0.0903. The van der Waals surface area contributed by atoms with Crippen LogP contribution in [0.4, 0.5) is 10.3 Å². The molecule has 0 unspecified atom stereocenters. The van der Waals surface area contributed by atoms with E-state index < -0.39 is 16.8 Å². The predicted molar refractivity (Wildman–Crippen MR) is 96.2 cm³/mol. The number of rotatable bonds is 5. The van der Waals surface area contributed by atoms with E-state index in [1.165, 1.54) is 6.07 Å². The molecule has 1 atom stereocenters. The third-order valence-electron chi connectivity index (χ3n) is 4.86. The molecule has 0 bridgehead atoms. The zero-order valence-corrected chi connectivity index (χ0v) is 14.9. The van der Waals surface area contributed by atoms with Gasteiger partial charge in [-0.3, -0.25) is 4.79 Å². The van der Waals surface area contributed by atoms with Crippen molar-refractivity contribution in [3.63, 3.8) is 0 Å². The highest BCUT2D eigenvalue weighted by atomic mass is 19.1. The Labute approximate surface area is 152 Å². The molecule has 1 amide bonds. The first-order valence-corrected chi connectivity index (χ1v) is 8.59. The second kappa shape index (κ2) is 6.99. The highest BCUT2D eigenvalue weighted by Crippen LogP contribution is 2.27. The summed E-state index contributed by atoms with van der Waals surface area (Å²) in [5.41, 5.74) is -1.78. The third-order valence-corrected chi connectivity index (χ3v) is 4.86. The summed E-state index contributed by atoms with van der Waals surface area (Å²) in [4.78, 5) is 22.9. The normalized spacial score (nSPS) is 20.2. The number of carbonyl (C=O) groups is 1. The van der Waals surface area contributed by atoms with Gasteiger partial charge in [-0.25, -0.2) is 14.4 Å². The van der Waals surface area contributed by atoms with E-state index >= 15 is 0 Å². The average Bonchev–Trinajstić information content (AvgIpc) is 3.03. The van der Waals surface area contributed by atoms with Crippen LogP contribution >= 0.6 is 0 Å². The van der Waals surface area contributed by atoms with Gasteiger partial charge in [-0.05, 0) is 32.4 Å². The van der Waals surface area contributed by atoms with E-state index in [1.807, 2.05) is 4.90 Å². The Morgan fingerprint density at radius 2 is 2.00 bits per heavy atom. The molecule has 1 aliphatic heterocycles. The number of hydrogen-bond acceptors (Lipinski definition) is 5. The number of benzene rings is 1. The van der Waals surface area contributed by atoms with Gasteiger partial charge in [0.15, 0.2) is 0 Å². The molecular formula is C19H23FN4O2. The summed E-state index contributed by atoms with van der Waals surface area (Å²) in [5, 5.41) is 13.6. The molecule has 0 saturated carbocycles. The molecule has 1 fully saturated rings. The number of aliphatic hydroxyl groups is 1. The number of hydrogen-bond donors (Lipinski definition) is 2. The summed E-state index contributed by atoms with van der Waals surface area (Å²) in [5.74, 6) is -0.188. The molecule has 1 aromatic carbocycles. The van der Waals surface area contributed by atoms with Gasteiger partial charge >= 0.3 is 0 Å². The number of anilines is 1. The van der Waals surface area contributed by atoms with Crippen LogP contribution in [0.1, 0.15) is 25.8 Å². The first-order chi connectivity index (χ1) is 12.3. The molecule has 7 heteroatoms. The molecule has 0 radical (unpaired) electrons. The van der Waals surface area contributed by atoms with Gasteiger partial charge in [0.05, 0.1) is 12.0 Å². The Morgan fingerprint density at radius 1 is 1.31 bits per heavy atom. The second-order valence-corrected chi connectivity index (χ2v) is 7.23. The lowest BCUT2D eigenvalue weighted by atomic mass is 9.83. The molecule has 1 aliphatic rings. The van der Waals surface area contributed by atoms with Crippen molar-refractivity contribution in [2.45, 2.75) is 31.3 Å². The summed E-state index contributed by atoms with van der Waals surface area (Å²) in [6.45, 7) is 4.37. The Kier molecular flexibility index (Phi) is 4.91. The fourth-order valence-corrected chi connectivity index (χ4v) is 3.18. The van der Waals surface area contributed by atoms with Gasteiger partial charge in [0.2, 0.25) is 11.9 Å². The monoisotopic (exact) mass is 358 g/mol. The molecule has 2 N–H and O–H groups in total. The van der Waals surface area contributed by atoms with Crippen molar-refractivity contribution in [1.82, 2.24) is 15.3 Å². The molecule has 138 valence electrons. The molecular weight excluding hydrogens is 335 g/mol.